The van der Waals surface area contributed by atoms with Crippen LogP contribution in [0, 0.1) is 0 Å². The lowest BCUT2D eigenvalue weighted by atomic mass is 10.1. The molecule has 0 aromatic heterocycles. The van der Waals surface area contributed by atoms with Gasteiger partial charge in [-0.2, -0.15) is 0 Å². The number of nitrogens with two attached hydrogens (primary N) is 1. The van der Waals surface area contributed by atoms with Crippen LogP contribution in [0.5, 0.6) is 5.75 Å². The Morgan fingerprint density at radius 2 is 2.06 bits per heavy atom. The smallest absolute Gasteiger partial charge is 0.156 e. The van der Waals surface area contributed by atoms with E-state index in [2.05, 4.69) is 10.5 Å². The Morgan fingerprint density at radius 1 is 1.41 bits per heavy atom. The molecule has 0 aliphatic heterocycles. The Labute approximate surface area is 101 Å². The number of rotatable bonds is 5. The van der Waals surface area contributed by atoms with Crippen LogP contribution in [-0.2, 0) is 0 Å². The fraction of sp³-hybridized carbons (Fsp3) is 0.417. The van der Waals surface area contributed by atoms with Gasteiger partial charge in [-0.25, -0.2) is 0 Å². The molecule has 5 nitrogen and oxygen atoms in total. The van der Waals surface area contributed by atoms with E-state index in [1.54, 1.807) is 7.11 Å². The molecular weight excluding hydrogens is 218 g/mol. The Kier molecular flexibility index (Phi) is 4.78. The van der Waals surface area contributed by atoms with Crippen molar-refractivity contribution in [2.24, 2.45) is 10.9 Å². The van der Waals surface area contributed by atoms with E-state index in [0.29, 0.717) is 0 Å². The Bertz CT molecular complexity index is 393. The first-order chi connectivity index (χ1) is 8.10. The second kappa shape index (κ2) is 6.10. The van der Waals surface area contributed by atoms with Crippen LogP contribution in [0.4, 0.5) is 0 Å². The van der Waals surface area contributed by atoms with Gasteiger partial charge in [-0.1, -0.05) is 23.4 Å². The zero-order valence-corrected chi connectivity index (χ0v) is 10.3. The molecule has 0 saturated heterocycles. The van der Waals surface area contributed by atoms with E-state index in [1.165, 1.54) is 0 Å². The van der Waals surface area contributed by atoms with Crippen LogP contribution in [0.1, 0.15) is 25.5 Å². The van der Waals surface area contributed by atoms with Crippen molar-refractivity contribution in [2.75, 3.05) is 7.11 Å². The van der Waals surface area contributed by atoms with Crippen molar-refractivity contribution >= 4 is 5.84 Å². The van der Waals surface area contributed by atoms with Crippen molar-refractivity contribution in [3.8, 4) is 5.75 Å². The molecular formula is C12H19N3O2. The van der Waals surface area contributed by atoms with Gasteiger partial charge in [0.25, 0.3) is 0 Å². The standard InChI is InChI=1S/C12H19N3O2/c1-8(14-9(2)12(13)15-16)10-6-4-5-7-11(10)17-3/h4-9,14,16H,1-3H3,(H2,13,15)/t8-,9?/m1/s1. The summed E-state index contributed by atoms with van der Waals surface area (Å²) in [6, 6.07) is 7.59. The van der Waals surface area contributed by atoms with E-state index in [0.717, 1.165) is 11.3 Å². The maximum atomic E-state index is 8.59. The van der Waals surface area contributed by atoms with Crippen LogP contribution in [0.15, 0.2) is 29.4 Å². The molecule has 1 aromatic carbocycles. The van der Waals surface area contributed by atoms with E-state index < -0.39 is 0 Å². The molecule has 0 fully saturated rings. The average Bonchev–Trinajstić information content (AvgIpc) is 2.37. The molecule has 4 N–H and O–H groups in total. The predicted molar refractivity (Wildman–Crippen MR) is 67.4 cm³/mol. The molecule has 0 heterocycles. The number of hydrogen-bond donors (Lipinski definition) is 3. The van der Waals surface area contributed by atoms with Gasteiger partial charge in [-0.3, -0.25) is 0 Å². The maximum Gasteiger partial charge on any atom is 0.156 e. The predicted octanol–water partition coefficient (Wildman–Crippen LogP) is 1.48. The van der Waals surface area contributed by atoms with Gasteiger partial charge in [0.15, 0.2) is 5.84 Å². The van der Waals surface area contributed by atoms with Crippen molar-refractivity contribution in [1.29, 1.82) is 0 Å². The zero-order valence-electron chi connectivity index (χ0n) is 10.3. The topological polar surface area (TPSA) is 79.9 Å². The lowest BCUT2D eigenvalue weighted by Gasteiger charge is -2.21. The number of nitrogens with one attached hydrogen (secondary N) is 1. The Balaban J connectivity index is 2.79. The molecule has 1 aromatic rings. The minimum absolute atomic E-state index is 0.0430. The van der Waals surface area contributed by atoms with Crippen LogP contribution in [0.3, 0.4) is 0 Å². The quantitative estimate of drug-likeness (QED) is 0.313. The summed E-state index contributed by atoms with van der Waals surface area (Å²) in [6.07, 6.45) is 0. The third-order valence-corrected chi connectivity index (χ3v) is 2.66. The number of para-hydroxylation sites is 1. The molecule has 0 aliphatic carbocycles. The van der Waals surface area contributed by atoms with Gasteiger partial charge >= 0.3 is 0 Å². The van der Waals surface area contributed by atoms with Gasteiger partial charge in [0.1, 0.15) is 5.75 Å². The number of hydrogen-bond acceptors (Lipinski definition) is 4. The highest BCUT2D eigenvalue weighted by Crippen LogP contribution is 2.24. The van der Waals surface area contributed by atoms with Crippen molar-refractivity contribution in [2.45, 2.75) is 25.9 Å². The minimum atomic E-state index is -0.208. The summed E-state index contributed by atoms with van der Waals surface area (Å²) in [5, 5.41) is 14.8. The van der Waals surface area contributed by atoms with E-state index in [4.69, 9.17) is 15.7 Å². The van der Waals surface area contributed by atoms with Crippen LogP contribution >= 0.6 is 0 Å². The highest BCUT2D eigenvalue weighted by atomic mass is 16.5. The fourth-order valence-corrected chi connectivity index (χ4v) is 1.66. The molecule has 17 heavy (non-hydrogen) atoms. The van der Waals surface area contributed by atoms with Crippen LogP contribution in [0.25, 0.3) is 0 Å². The molecule has 1 rings (SSSR count). The SMILES string of the molecule is COc1ccccc1[C@@H](C)NC(C)/C(N)=N/O. The van der Waals surface area contributed by atoms with Gasteiger partial charge < -0.3 is 21.0 Å². The molecule has 0 amide bonds. The van der Waals surface area contributed by atoms with Crippen molar-refractivity contribution in [3.05, 3.63) is 29.8 Å². The van der Waals surface area contributed by atoms with E-state index in [-0.39, 0.29) is 17.9 Å². The fourth-order valence-electron chi connectivity index (χ4n) is 1.66. The Hall–Kier alpha value is -1.75. The summed E-state index contributed by atoms with van der Waals surface area (Å²) in [5.74, 6) is 0.978. The number of ether oxygens (including phenoxy) is 1. The van der Waals surface area contributed by atoms with Gasteiger partial charge in [-0.15, -0.1) is 0 Å². The summed E-state index contributed by atoms with van der Waals surface area (Å²) < 4.78 is 5.28. The molecule has 1 unspecified atom stereocenters. The number of methoxy groups -OCH3 is 1. The first-order valence-corrected chi connectivity index (χ1v) is 5.46. The number of nitrogens with zero attached hydrogens (tertiary/aromatic N) is 1. The van der Waals surface area contributed by atoms with Crippen LogP contribution < -0.4 is 15.8 Å². The molecule has 0 aliphatic rings. The van der Waals surface area contributed by atoms with Crippen molar-refractivity contribution in [3.63, 3.8) is 0 Å². The van der Waals surface area contributed by atoms with Gasteiger partial charge in [0, 0.05) is 11.6 Å². The highest BCUT2D eigenvalue weighted by molar-refractivity contribution is 5.84. The van der Waals surface area contributed by atoms with Gasteiger partial charge in [-0.05, 0) is 19.9 Å². The average molecular weight is 237 g/mol. The van der Waals surface area contributed by atoms with Gasteiger partial charge in [0.2, 0.25) is 0 Å². The maximum absolute atomic E-state index is 8.59. The first kappa shape index (κ1) is 13.3. The van der Waals surface area contributed by atoms with E-state index >= 15 is 0 Å². The molecule has 0 saturated carbocycles. The van der Waals surface area contributed by atoms with Crippen molar-refractivity contribution < 1.29 is 9.94 Å². The highest BCUT2D eigenvalue weighted by Gasteiger charge is 2.15. The summed E-state index contributed by atoms with van der Waals surface area (Å²) in [7, 11) is 1.64. The first-order valence-electron chi connectivity index (χ1n) is 5.46. The summed E-state index contributed by atoms with van der Waals surface area (Å²) in [4.78, 5) is 0. The molecule has 0 spiro atoms. The number of oxime groups is 1. The van der Waals surface area contributed by atoms with Crippen LogP contribution in [-0.4, -0.2) is 24.2 Å². The third kappa shape index (κ3) is 3.35. The number of benzene rings is 1. The summed E-state index contributed by atoms with van der Waals surface area (Å²) in [6.45, 7) is 3.83. The molecule has 2 atom stereocenters. The van der Waals surface area contributed by atoms with E-state index in [1.807, 2.05) is 38.1 Å². The minimum Gasteiger partial charge on any atom is -0.496 e. The summed E-state index contributed by atoms with van der Waals surface area (Å²) in [5.41, 5.74) is 6.55. The largest absolute Gasteiger partial charge is 0.496 e. The zero-order chi connectivity index (χ0) is 12.8. The molecule has 0 bridgehead atoms. The van der Waals surface area contributed by atoms with Crippen molar-refractivity contribution in [1.82, 2.24) is 5.32 Å². The lowest BCUT2D eigenvalue weighted by molar-refractivity contribution is 0.314. The normalized spacial score (nSPS) is 15.4. The Morgan fingerprint density at radius 3 is 2.65 bits per heavy atom. The second-order valence-electron chi connectivity index (χ2n) is 3.88. The number of amidine groups is 1. The van der Waals surface area contributed by atoms with Crippen LogP contribution in [0.2, 0.25) is 0 Å². The second-order valence-corrected chi connectivity index (χ2v) is 3.88. The molecule has 94 valence electrons. The van der Waals surface area contributed by atoms with Gasteiger partial charge in [0.05, 0.1) is 13.2 Å². The summed E-state index contributed by atoms with van der Waals surface area (Å²) >= 11 is 0. The monoisotopic (exact) mass is 237 g/mol. The molecule has 0 radical (unpaired) electrons. The molecule has 5 heteroatoms. The lowest BCUT2D eigenvalue weighted by Crippen LogP contribution is -2.40. The third-order valence-electron chi connectivity index (χ3n) is 2.66. The van der Waals surface area contributed by atoms with E-state index in [9.17, 15) is 0 Å².